The molecular weight excluding hydrogens is 326 g/mol. The summed E-state index contributed by atoms with van der Waals surface area (Å²) >= 11 is 0. The van der Waals surface area contributed by atoms with Gasteiger partial charge in [-0.3, -0.25) is 4.79 Å². The monoisotopic (exact) mass is 355 g/mol. The van der Waals surface area contributed by atoms with Gasteiger partial charge in [0.2, 0.25) is 5.91 Å². The average Bonchev–Trinajstić information content (AvgIpc) is 2.56. The summed E-state index contributed by atoms with van der Waals surface area (Å²) < 4.78 is 6.26. The summed E-state index contributed by atoms with van der Waals surface area (Å²) in [6, 6.07) is 3.72. The van der Waals surface area contributed by atoms with Gasteiger partial charge in [-0.25, -0.2) is 0 Å². The van der Waals surface area contributed by atoms with Gasteiger partial charge >= 0.3 is 0 Å². The van der Waals surface area contributed by atoms with Gasteiger partial charge in [0.05, 0.1) is 5.56 Å². The quantitative estimate of drug-likeness (QED) is 0.771. The van der Waals surface area contributed by atoms with Crippen LogP contribution in [0.4, 0.5) is 0 Å². The van der Waals surface area contributed by atoms with Crippen LogP contribution in [0, 0.1) is 0 Å². The van der Waals surface area contributed by atoms with Gasteiger partial charge in [-0.15, -0.1) is 0 Å². The Morgan fingerprint density at radius 3 is 2.88 bits per heavy atom. The number of carbonyl (C=O) groups excluding carboxylic acids is 1. The van der Waals surface area contributed by atoms with Crippen molar-refractivity contribution in [2.24, 2.45) is 0 Å². The molecule has 1 fully saturated rings. The lowest BCUT2D eigenvalue weighted by Crippen LogP contribution is -2.35. The standard InChI is InChI=1S/C22H29NO3/c1-16(2)7-6-10-22(3)11-9-18-19(24)13-17(14-20(18)26-22)15-23-12-5-4-8-21(23)25/h7,9,11,13-14,24H,4-6,8,10,12,15H2,1-3H3. The topological polar surface area (TPSA) is 49.8 Å². The molecule has 1 saturated heterocycles. The van der Waals surface area contributed by atoms with Crippen LogP contribution in [0.15, 0.2) is 29.9 Å². The van der Waals surface area contributed by atoms with Crippen molar-refractivity contribution in [3.63, 3.8) is 0 Å². The number of hydrogen-bond acceptors (Lipinski definition) is 3. The summed E-state index contributed by atoms with van der Waals surface area (Å²) in [5, 5.41) is 10.4. The first kappa shape index (κ1) is 18.6. The van der Waals surface area contributed by atoms with Crippen LogP contribution < -0.4 is 4.74 Å². The molecule has 0 bridgehead atoms. The Morgan fingerprint density at radius 2 is 2.15 bits per heavy atom. The van der Waals surface area contributed by atoms with Gasteiger partial charge in [0.1, 0.15) is 17.1 Å². The number of carbonyl (C=O) groups is 1. The lowest BCUT2D eigenvalue weighted by molar-refractivity contribution is -0.133. The molecule has 4 heteroatoms. The molecular formula is C22H29NO3. The lowest BCUT2D eigenvalue weighted by atomic mass is 9.93. The van der Waals surface area contributed by atoms with Crippen LogP contribution in [-0.2, 0) is 11.3 Å². The maximum atomic E-state index is 12.1. The van der Waals surface area contributed by atoms with Crippen molar-refractivity contribution in [3.05, 3.63) is 41.0 Å². The number of allylic oxidation sites excluding steroid dienone is 2. The molecule has 0 aromatic heterocycles. The fourth-order valence-corrected chi connectivity index (χ4v) is 3.59. The van der Waals surface area contributed by atoms with Crippen molar-refractivity contribution in [2.45, 2.75) is 65.0 Å². The van der Waals surface area contributed by atoms with Gasteiger partial charge in [0.25, 0.3) is 0 Å². The van der Waals surface area contributed by atoms with E-state index in [1.807, 2.05) is 23.1 Å². The molecule has 1 unspecified atom stereocenters. The van der Waals surface area contributed by atoms with Crippen LogP contribution in [0.5, 0.6) is 11.5 Å². The minimum absolute atomic E-state index is 0.195. The first-order valence-electron chi connectivity index (χ1n) is 9.52. The van der Waals surface area contributed by atoms with Crippen LogP contribution in [0.2, 0.25) is 0 Å². The number of phenolic OH excluding ortho intramolecular Hbond substituents is 1. The minimum atomic E-state index is -0.384. The molecule has 0 aliphatic carbocycles. The van der Waals surface area contributed by atoms with E-state index in [0.717, 1.165) is 43.4 Å². The highest BCUT2D eigenvalue weighted by Gasteiger charge is 2.28. The number of hydrogen-bond donors (Lipinski definition) is 1. The Labute approximate surface area is 156 Å². The van der Waals surface area contributed by atoms with E-state index in [1.54, 1.807) is 6.07 Å². The third-order valence-corrected chi connectivity index (χ3v) is 5.11. The van der Waals surface area contributed by atoms with E-state index in [0.29, 0.717) is 18.7 Å². The highest BCUT2D eigenvalue weighted by molar-refractivity contribution is 5.77. The Hall–Kier alpha value is -2.23. The van der Waals surface area contributed by atoms with Crippen LogP contribution in [0.1, 0.15) is 64.0 Å². The molecule has 0 spiro atoms. The maximum absolute atomic E-state index is 12.1. The van der Waals surface area contributed by atoms with Crippen LogP contribution in [0.25, 0.3) is 6.08 Å². The van der Waals surface area contributed by atoms with E-state index < -0.39 is 0 Å². The first-order chi connectivity index (χ1) is 12.4. The predicted octanol–water partition coefficient (Wildman–Crippen LogP) is 4.82. The Morgan fingerprint density at radius 1 is 1.35 bits per heavy atom. The lowest BCUT2D eigenvalue weighted by Gasteiger charge is -2.32. The molecule has 2 aliphatic rings. The molecule has 140 valence electrons. The Balaban J connectivity index is 1.77. The second-order valence-electron chi connectivity index (χ2n) is 7.87. The zero-order valence-corrected chi connectivity index (χ0v) is 16.0. The summed E-state index contributed by atoms with van der Waals surface area (Å²) in [6.45, 7) is 7.59. The minimum Gasteiger partial charge on any atom is -0.507 e. The van der Waals surface area contributed by atoms with Crippen molar-refractivity contribution >= 4 is 12.0 Å². The van der Waals surface area contributed by atoms with Crippen molar-refractivity contribution in [3.8, 4) is 11.5 Å². The molecule has 4 nitrogen and oxygen atoms in total. The molecule has 26 heavy (non-hydrogen) atoms. The van der Waals surface area contributed by atoms with Crippen molar-refractivity contribution < 1.29 is 14.6 Å². The molecule has 0 radical (unpaired) electrons. The van der Waals surface area contributed by atoms with Gasteiger partial charge in [-0.1, -0.05) is 11.6 Å². The van der Waals surface area contributed by atoms with E-state index >= 15 is 0 Å². The second kappa shape index (κ2) is 7.56. The largest absolute Gasteiger partial charge is 0.507 e. The molecule has 1 aromatic rings. The van der Waals surface area contributed by atoms with Crippen molar-refractivity contribution in [1.82, 2.24) is 4.90 Å². The molecule has 0 saturated carbocycles. The molecule has 1 aromatic carbocycles. The summed E-state index contributed by atoms with van der Waals surface area (Å²) in [7, 11) is 0. The van der Waals surface area contributed by atoms with Gasteiger partial charge in [0.15, 0.2) is 0 Å². The average molecular weight is 355 g/mol. The van der Waals surface area contributed by atoms with Crippen molar-refractivity contribution in [2.75, 3.05) is 6.54 Å². The summed E-state index contributed by atoms with van der Waals surface area (Å²) in [4.78, 5) is 13.9. The van der Waals surface area contributed by atoms with Gasteiger partial charge in [0, 0.05) is 19.5 Å². The summed E-state index contributed by atoms with van der Waals surface area (Å²) in [6.07, 6.45) is 10.7. The van der Waals surface area contributed by atoms with E-state index in [2.05, 4.69) is 26.8 Å². The Bertz CT molecular complexity index is 746. The fourth-order valence-electron chi connectivity index (χ4n) is 3.59. The van der Waals surface area contributed by atoms with Gasteiger partial charge < -0.3 is 14.7 Å². The molecule has 1 atom stereocenters. The number of rotatable bonds is 5. The van der Waals surface area contributed by atoms with Crippen LogP contribution in [0.3, 0.4) is 0 Å². The second-order valence-corrected chi connectivity index (χ2v) is 7.87. The third kappa shape index (κ3) is 4.29. The number of aromatic hydroxyl groups is 1. The maximum Gasteiger partial charge on any atom is 0.222 e. The highest BCUT2D eigenvalue weighted by Crippen LogP contribution is 2.39. The normalized spacial score (nSPS) is 22.0. The predicted molar refractivity (Wildman–Crippen MR) is 104 cm³/mol. The number of fused-ring (bicyclic) bond motifs is 1. The van der Waals surface area contributed by atoms with Crippen LogP contribution in [-0.4, -0.2) is 28.1 Å². The molecule has 1 N–H and O–H groups in total. The van der Waals surface area contributed by atoms with E-state index in [9.17, 15) is 9.90 Å². The zero-order valence-electron chi connectivity index (χ0n) is 16.0. The number of likely N-dealkylation sites (tertiary alicyclic amines) is 1. The molecule has 2 aliphatic heterocycles. The van der Waals surface area contributed by atoms with Crippen LogP contribution >= 0.6 is 0 Å². The number of phenols is 1. The molecule has 3 rings (SSSR count). The third-order valence-electron chi connectivity index (χ3n) is 5.11. The number of benzene rings is 1. The first-order valence-corrected chi connectivity index (χ1v) is 9.52. The molecule has 2 heterocycles. The smallest absolute Gasteiger partial charge is 0.222 e. The summed E-state index contributed by atoms with van der Waals surface area (Å²) in [5.41, 5.74) is 2.56. The fraction of sp³-hybridized carbons (Fsp3) is 0.500. The van der Waals surface area contributed by atoms with E-state index in [-0.39, 0.29) is 17.3 Å². The van der Waals surface area contributed by atoms with E-state index in [1.165, 1.54) is 5.57 Å². The van der Waals surface area contributed by atoms with E-state index in [4.69, 9.17) is 4.74 Å². The van der Waals surface area contributed by atoms with Gasteiger partial charge in [-0.2, -0.15) is 0 Å². The number of nitrogens with zero attached hydrogens (tertiary/aromatic N) is 1. The molecule has 1 amide bonds. The zero-order chi connectivity index (χ0) is 18.7. The van der Waals surface area contributed by atoms with Gasteiger partial charge in [-0.05, 0) is 76.3 Å². The number of piperidine rings is 1. The summed E-state index contributed by atoms with van der Waals surface area (Å²) in [5.74, 6) is 1.11. The Kier molecular flexibility index (Phi) is 5.40. The SMILES string of the molecule is CC(C)=CCCC1(C)C=Cc2c(O)cc(CN3CCCCC3=O)cc2O1. The highest BCUT2D eigenvalue weighted by atomic mass is 16.5. The van der Waals surface area contributed by atoms with Crippen molar-refractivity contribution in [1.29, 1.82) is 0 Å². The number of amides is 1. The number of ether oxygens (including phenoxy) is 1.